The molecule has 0 N–H and O–H groups in total. The molecule has 3 nitrogen and oxygen atoms in total. The molecule has 0 atom stereocenters. The number of anilines is 3. The second-order valence-corrected chi connectivity index (χ2v) is 17.2. The average Bonchev–Trinajstić information content (AvgIpc) is 4.02. The van der Waals surface area contributed by atoms with Gasteiger partial charge in [-0.2, -0.15) is 0 Å². The van der Waals surface area contributed by atoms with Crippen LogP contribution in [-0.4, -0.2) is 4.57 Å². The smallest absolute Gasteiger partial charge is 0.145 e. The number of thiophene rings is 1. The van der Waals surface area contributed by atoms with Gasteiger partial charge >= 0.3 is 0 Å². The second-order valence-electron chi connectivity index (χ2n) is 16.1. The van der Waals surface area contributed by atoms with Gasteiger partial charge in [-0.3, -0.25) is 0 Å². The number of hydrogen-bond acceptors (Lipinski definition) is 3. The topological polar surface area (TPSA) is 21.3 Å². The summed E-state index contributed by atoms with van der Waals surface area (Å²) in [6.45, 7) is 0. The Bertz CT molecular complexity index is 3850. The van der Waals surface area contributed by atoms with Crippen molar-refractivity contribution in [1.29, 1.82) is 0 Å². The Hall–Kier alpha value is -7.92. The molecule has 0 fully saturated rings. The summed E-state index contributed by atoms with van der Waals surface area (Å²) in [4.78, 5) is 2.41. The Balaban J connectivity index is 1.02. The molecule has 13 rings (SSSR count). The summed E-state index contributed by atoms with van der Waals surface area (Å²) in [5.74, 6) is 0. The number of furan rings is 1. The molecule has 0 spiro atoms. The van der Waals surface area contributed by atoms with E-state index in [1.54, 1.807) is 0 Å². The van der Waals surface area contributed by atoms with Crippen LogP contribution >= 0.6 is 11.3 Å². The summed E-state index contributed by atoms with van der Waals surface area (Å²) in [5.41, 5.74) is 12.9. The zero-order valence-corrected chi connectivity index (χ0v) is 34.3. The minimum Gasteiger partial charge on any atom is -0.455 e. The summed E-state index contributed by atoms with van der Waals surface area (Å²) in [6, 6.07) is 79.2. The van der Waals surface area contributed by atoms with Crippen LogP contribution in [0.25, 0.3) is 103 Å². The first-order valence-corrected chi connectivity index (χ1v) is 21.9. The molecule has 3 heterocycles. The lowest BCUT2D eigenvalue weighted by Crippen LogP contribution is -2.10. The largest absolute Gasteiger partial charge is 0.455 e. The molecule has 0 saturated carbocycles. The maximum Gasteiger partial charge on any atom is 0.145 e. The lowest BCUT2D eigenvalue weighted by molar-refractivity contribution is 0.670. The number of para-hydroxylation sites is 3. The van der Waals surface area contributed by atoms with Gasteiger partial charge in [-0.15, -0.1) is 11.3 Å². The predicted molar refractivity (Wildman–Crippen MR) is 264 cm³/mol. The first kappa shape index (κ1) is 34.9. The van der Waals surface area contributed by atoms with E-state index in [2.05, 4.69) is 228 Å². The highest BCUT2D eigenvalue weighted by Crippen LogP contribution is 2.48. The second kappa shape index (κ2) is 13.8. The minimum absolute atomic E-state index is 0.859. The molecule has 4 heteroatoms. The number of nitrogens with zero attached hydrogens (tertiary/aromatic N) is 2. The molecular weight excluding hydrogens is 773 g/mol. The van der Waals surface area contributed by atoms with Crippen LogP contribution in [0.4, 0.5) is 17.1 Å². The summed E-state index contributed by atoms with van der Waals surface area (Å²) in [6.07, 6.45) is 0. The van der Waals surface area contributed by atoms with Crippen LogP contribution in [0.1, 0.15) is 0 Å². The third-order valence-electron chi connectivity index (χ3n) is 12.5. The highest BCUT2D eigenvalue weighted by molar-refractivity contribution is 7.25. The number of fused-ring (bicyclic) bond motifs is 10. The fraction of sp³-hybridized carbons (Fsp3) is 0. The van der Waals surface area contributed by atoms with E-state index >= 15 is 0 Å². The van der Waals surface area contributed by atoms with Crippen molar-refractivity contribution >= 4 is 103 Å². The van der Waals surface area contributed by atoms with Gasteiger partial charge in [-0.05, 0) is 112 Å². The Labute approximate surface area is 361 Å². The molecule has 0 amide bonds. The predicted octanol–water partition coefficient (Wildman–Crippen LogP) is 17.0. The van der Waals surface area contributed by atoms with Crippen LogP contribution in [0, 0.1) is 0 Å². The van der Waals surface area contributed by atoms with Crippen LogP contribution in [0.2, 0.25) is 0 Å². The summed E-state index contributed by atoms with van der Waals surface area (Å²) < 4.78 is 12.0. The molecule has 290 valence electrons. The van der Waals surface area contributed by atoms with E-state index in [1.807, 2.05) is 11.3 Å². The maximum atomic E-state index is 6.97. The molecule has 0 bridgehead atoms. The summed E-state index contributed by atoms with van der Waals surface area (Å²) in [5, 5.41) is 9.64. The minimum atomic E-state index is 0.859. The monoisotopic (exact) mass is 808 g/mol. The molecule has 13 aromatic rings. The zero-order valence-electron chi connectivity index (χ0n) is 33.5. The molecule has 0 aliphatic carbocycles. The molecule has 0 aliphatic heterocycles. The van der Waals surface area contributed by atoms with E-state index < -0.39 is 0 Å². The Morgan fingerprint density at radius 3 is 1.92 bits per heavy atom. The standard InChI is InChI=1S/C58H36N2OS/c1-2-14-38-33-44(29-27-37(38)13-1)59(42-17-11-15-39(34-42)40-28-32-56-50(36-40)48-21-6-10-26-55(48)62-56)53-31-30-45(58-57(53)49-22-5-9-25-54(49)61-58)41-16-12-18-43(35-41)60-51-23-7-3-19-46(51)47-20-4-8-24-52(47)60/h1-36H. The highest BCUT2D eigenvalue weighted by atomic mass is 32.1. The van der Waals surface area contributed by atoms with Crippen LogP contribution in [0.3, 0.4) is 0 Å². The Morgan fingerprint density at radius 1 is 0.403 bits per heavy atom. The third-order valence-corrected chi connectivity index (χ3v) is 13.7. The van der Waals surface area contributed by atoms with Crippen molar-refractivity contribution in [1.82, 2.24) is 4.57 Å². The van der Waals surface area contributed by atoms with E-state index in [9.17, 15) is 0 Å². The van der Waals surface area contributed by atoms with Gasteiger partial charge in [0.1, 0.15) is 11.2 Å². The van der Waals surface area contributed by atoms with E-state index in [0.717, 1.165) is 61.4 Å². The lowest BCUT2D eigenvalue weighted by Gasteiger charge is -2.27. The van der Waals surface area contributed by atoms with Crippen molar-refractivity contribution in [3.8, 4) is 27.9 Å². The number of hydrogen-bond donors (Lipinski definition) is 0. The summed E-state index contributed by atoms with van der Waals surface area (Å²) >= 11 is 1.85. The van der Waals surface area contributed by atoms with Gasteiger partial charge in [0, 0.05) is 59.0 Å². The van der Waals surface area contributed by atoms with Gasteiger partial charge in [0.05, 0.1) is 22.1 Å². The van der Waals surface area contributed by atoms with Crippen LogP contribution in [-0.2, 0) is 0 Å². The van der Waals surface area contributed by atoms with Crippen molar-refractivity contribution in [2.24, 2.45) is 0 Å². The van der Waals surface area contributed by atoms with E-state index in [1.165, 1.54) is 58.3 Å². The first-order chi connectivity index (χ1) is 30.7. The fourth-order valence-electron chi connectivity index (χ4n) is 9.71. The molecule has 0 radical (unpaired) electrons. The number of rotatable bonds is 6. The molecule has 0 saturated heterocycles. The van der Waals surface area contributed by atoms with Crippen molar-refractivity contribution in [2.45, 2.75) is 0 Å². The quantitative estimate of drug-likeness (QED) is 0.167. The van der Waals surface area contributed by atoms with E-state index in [4.69, 9.17) is 4.42 Å². The average molecular weight is 809 g/mol. The number of aromatic nitrogens is 1. The molecule has 3 aromatic heterocycles. The SMILES string of the molecule is c1cc(-c2ccc3sc4ccccc4c3c2)cc(N(c2ccc3ccccc3c2)c2ccc(-c3cccc(-n4c5ccccc5c5ccccc54)c3)c3oc4ccccc4c23)c1. The van der Waals surface area contributed by atoms with Crippen LogP contribution < -0.4 is 4.90 Å². The third kappa shape index (κ3) is 5.44. The van der Waals surface area contributed by atoms with Crippen LogP contribution in [0.15, 0.2) is 223 Å². The molecule has 0 unspecified atom stereocenters. The van der Waals surface area contributed by atoms with Gasteiger partial charge in [0.2, 0.25) is 0 Å². The van der Waals surface area contributed by atoms with Crippen LogP contribution in [0.5, 0.6) is 0 Å². The van der Waals surface area contributed by atoms with E-state index in [-0.39, 0.29) is 0 Å². The molecule has 10 aromatic carbocycles. The van der Waals surface area contributed by atoms with Crippen molar-refractivity contribution in [2.75, 3.05) is 4.90 Å². The highest BCUT2D eigenvalue weighted by Gasteiger charge is 2.23. The molecular formula is C58H36N2OS. The van der Waals surface area contributed by atoms with E-state index in [0.29, 0.717) is 0 Å². The van der Waals surface area contributed by atoms with Gasteiger partial charge in [-0.25, -0.2) is 0 Å². The van der Waals surface area contributed by atoms with Gasteiger partial charge in [0.15, 0.2) is 0 Å². The molecule has 0 aliphatic rings. The maximum absolute atomic E-state index is 6.97. The first-order valence-electron chi connectivity index (χ1n) is 21.1. The van der Waals surface area contributed by atoms with Gasteiger partial charge < -0.3 is 13.9 Å². The Kier molecular flexibility index (Phi) is 7.78. The van der Waals surface area contributed by atoms with Crippen molar-refractivity contribution in [3.63, 3.8) is 0 Å². The van der Waals surface area contributed by atoms with Gasteiger partial charge in [-0.1, -0.05) is 133 Å². The normalized spacial score (nSPS) is 11.9. The lowest BCUT2D eigenvalue weighted by atomic mass is 9.98. The number of benzene rings is 10. The fourth-order valence-corrected chi connectivity index (χ4v) is 10.8. The molecule has 62 heavy (non-hydrogen) atoms. The van der Waals surface area contributed by atoms with Crippen molar-refractivity contribution in [3.05, 3.63) is 218 Å². The van der Waals surface area contributed by atoms with Crippen molar-refractivity contribution < 1.29 is 4.42 Å². The zero-order chi connectivity index (χ0) is 40.7. The summed E-state index contributed by atoms with van der Waals surface area (Å²) in [7, 11) is 0. The van der Waals surface area contributed by atoms with Gasteiger partial charge in [0.25, 0.3) is 0 Å². The Morgan fingerprint density at radius 2 is 1.06 bits per heavy atom.